The summed E-state index contributed by atoms with van der Waals surface area (Å²) in [6.07, 6.45) is 0. The number of ether oxygens (including phenoxy) is 1. The van der Waals surface area contributed by atoms with Crippen LogP contribution in [-0.4, -0.2) is 17.5 Å². The van der Waals surface area contributed by atoms with E-state index in [4.69, 9.17) is 22.1 Å². The van der Waals surface area contributed by atoms with E-state index in [-0.39, 0.29) is 12.5 Å². The molecule has 5 nitrogen and oxygen atoms in total. The molecule has 3 rings (SSSR count). The van der Waals surface area contributed by atoms with Crippen molar-refractivity contribution in [2.45, 2.75) is 6.54 Å². The Morgan fingerprint density at radius 1 is 1.33 bits per heavy atom. The third-order valence-electron chi connectivity index (χ3n) is 3.06. The molecule has 0 fully saturated rings. The fourth-order valence-corrected chi connectivity index (χ4v) is 3.68. The highest BCUT2D eigenvalue weighted by molar-refractivity contribution is 7.16. The fourth-order valence-electron chi connectivity index (χ4n) is 1.95. The number of amides is 1. The van der Waals surface area contributed by atoms with Gasteiger partial charge in [0.25, 0.3) is 5.91 Å². The van der Waals surface area contributed by atoms with Crippen LogP contribution in [0.15, 0.2) is 41.8 Å². The Morgan fingerprint density at radius 2 is 2.21 bits per heavy atom. The fraction of sp³-hybridized carbons (Fsp3) is 0.125. The zero-order chi connectivity index (χ0) is 16.9. The molecule has 1 aromatic carbocycles. The van der Waals surface area contributed by atoms with Gasteiger partial charge in [0.2, 0.25) is 0 Å². The Morgan fingerprint density at radius 3 is 2.96 bits per heavy atom. The van der Waals surface area contributed by atoms with E-state index >= 15 is 0 Å². The lowest BCUT2D eigenvalue weighted by Crippen LogP contribution is -2.28. The minimum atomic E-state index is -0.192. The van der Waals surface area contributed by atoms with Crippen LogP contribution in [0, 0.1) is 0 Å². The summed E-state index contributed by atoms with van der Waals surface area (Å²) in [5, 5.41) is 5.86. The highest BCUT2D eigenvalue weighted by Crippen LogP contribution is 2.29. The molecule has 124 valence electrons. The Balaban J connectivity index is 1.49. The highest BCUT2D eigenvalue weighted by atomic mass is 35.5. The molecule has 0 atom stereocenters. The van der Waals surface area contributed by atoms with Gasteiger partial charge in [-0.05, 0) is 30.3 Å². The molecule has 0 saturated carbocycles. The first-order chi connectivity index (χ1) is 11.6. The molecular weight excluding hydrogens is 366 g/mol. The number of nitrogen functional groups attached to an aromatic ring is 1. The van der Waals surface area contributed by atoms with Gasteiger partial charge in [0.1, 0.15) is 5.75 Å². The standard InChI is InChI=1S/C16H14ClN3O2S2/c17-10-2-1-3-11(6-10)22-8-15(21)19-7-12-4-5-14(24-12)13-9-23-16(18)20-13/h1-6,9H,7-8H2,(H2,18,20)(H,19,21). The molecule has 8 heteroatoms. The summed E-state index contributed by atoms with van der Waals surface area (Å²) < 4.78 is 5.40. The number of aromatic nitrogens is 1. The number of carbonyl (C=O) groups excluding carboxylic acids is 1. The van der Waals surface area contributed by atoms with Crippen LogP contribution in [0.1, 0.15) is 4.88 Å². The summed E-state index contributed by atoms with van der Waals surface area (Å²) in [7, 11) is 0. The van der Waals surface area contributed by atoms with Crippen molar-refractivity contribution < 1.29 is 9.53 Å². The smallest absolute Gasteiger partial charge is 0.258 e. The Hall–Kier alpha value is -2.09. The Kier molecular flexibility index (Phi) is 5.34. The van der Waals surface area contributed by atoms with Crippen molar-refractivity contribution in [3.05, 3.63) is 51.7 Å². The highest BCUT2D eigenvalue weighted by Gasteiger charge is 2.08. The first kappa shape index (κ1) is 16.8. The largest absolute Gasteiger partial charge is 0.484 e. The van der Waals surface area contributed by atoms with Gasteiger partial charge in [0.15, 0.2) is 11.7 Å². The van der Waals surface area contributed by atoms with Crippen molar-refractivity contribution in [3.8, 4) is 16.3 Å². The number of nitrogens with two attached hydrogens (primary N) is 1. The summed E-state index contributed by atoms with van der Waals surface area (Å²) >= 11 is 8.85. The zero-order valence-electron chi connectivity index (χ0n) is 12.5. The van der Waals surface area contributed by atoms with Crippen molar-refractivity contribution in [2.24, 2.45) is 0 Å². The molecule has 0 aliphatic heterocycles. The van der Waals surface area contributed by atoms with Crippen LogP contribution in [-0.2, 0) is 11.3 Å². The first-order valence-corrected chi connectivity index (χ1v) is 9.13. The lowest BCUT2D eigenvalue weighted by Gasteiger charge is -2.07. The molecule has 0 spiro atoms. The van der Waals surface area contributed by atoms with Crippen molar-refractivity contribution in [3.63, 3.8) is 0 Å². The number of carbonyl (C=O) groups is 1. The molecule has 0 saturated heterocycles. The normalized spacial score (nSPS) is 10.5. The monoisotopic (exact) mass is 379 g/mol. The molecule has 0 bridgehead atoms. The van der Waals surface area contributed by atoms with E-state index in [0.717, 1.165) is 15.4 Å². The van der Waals surface area contributed by atoms with E-state index in [1.54, 1.807) is 35.6 Å². The predicted molar refractivity (Wildman–Crippen MR) is 98.6 cm³/mol. The van der Waals surface area contributed by atoms with E-state index in [9.17, 15) is 4.79 Å². The number of thiazole rings is 1. The van der Waals surface area contributed by atoms with Gasteiger partial charge in [-0.1, -0.05) is 17.7 Å². The lowest BCUT2D eigenvalue weighted by atomic mass is 10.3. The quantitative estimate of drug-likeness (QED) is 0.682. The van der Waals surface area contributed by atoms with E-state index < -0.39 is 0 Å². The summed E-state index contributed by atoms with van der Waals surface area (Å²) in [6.45, 7) is 0.392. The van der Waals surface area contributed by atoms with E-state index in [0.29, 0.717) is 22.4 Å². The topological polar surface area (TPSA) is 77.2 Å². The Labute approximate surface area is 152 Å². The van der Waals surface area contributed by atoms with Gasteiger partial charge in [0.05, 0.1) is 17.1 Å². The van der Waals surface area contributed by atoms with E-state index in [1.165, 1.54) is 11.3 Å². The number of nitrogens with one attached hydrogen (secondary N) is 1. The second kappa shape index (κ2) is 7.65. The van der Waals surface area contributed by atoms with Gasteiger partial charge < -0.3 is 15.8 Å². The van der Waals surface area contributed by atoms with Crippen molar-refractivity contribution in [1.29, 1.82) is 0 Å². The molecule has 0 aliphatic rings. The summed E-state index contributed by atoms with van der Waals surface area (Å²) in [5.41, 5.74) is 6.51. The van der Waals surface area contributed by atoms with Crippen molar-refractivity contribution in [1.82, 2.24) is 10.3 Å². The average molecular weight is 380 g/mol. The number of rotatable bonds is 6. The van der Waals surface area contributed by atoms with Gasteiger partial charge in [-0.2, -0.15) is 0 Å². The molecule has 2 heterocycles. The number of halogens is 1. The summed E-state index contributed by atoms with van der Waals surface area (Å²) in [4.78, 5) is 18.2. The molecule has 0 radical (unpaired) electrons. The minimum absolute atomic E-state index is 0.0544. The number of anilines is 1. The second-order valence-corrected chi connectivity index (χ2v) is 7.35. The van der Waals surface area contributed by atoms with Gasteiger partial charge in [-0.25, -0.2) is 4.98 Å². The summed E-state index contributed by atoms with van der Waals surface area (Å²) in [6, 6.07) is 10.9. The van der Waals surface area contributed by atoms with Crippen LogP contribution in [0.4, 0.5) is 5.13 Å². The van der Waals surface area contributed by atoms with Crippen LogP contribution >= 0.6 is 34.3 Å². The zero-order valence-corrected chi connectivity index (χ0v) is 14.9. The van der Waals surface area contributed by atoms with E-state index in [2.05, 4.69) is 10.3 Å². The molecule has 0 unspecified atom stereocenters. The number of benzene rings is 1. The number of thiophene rings is 1. The predicted octanol–water partition coefficient (Wildman–Crippen LogP) is 3.80. The average Bonchev–Trinajstić information content (AvgIpc) is 3.20. The van der Waals surface area contributed by atoms with Gasteiger partial charge >= 0.3 is 0 Å². The molecule has 3 N–H and O–H groups in total. The molecule has 2 aromatic heterocycles. The molecule has 1 amide bonds. The Bertz CT molecular complexity index is 847. The molecular formula is C16H14ClN3O2S2. The summed E-state index contributed by atoms with van der Waals surface area (Å²) in [5.74, 6) is 0.375. The van der Waals surface area contributed by atoms with Gasteiger partial charge in [0, 0.05) is 15.3 Å². The van der Waals surface area contributed by atoms with Crippen molar-refractivity contribution in [2.75, 3.05) is 12.3 Å². The minimum Gasteiger partial charge on any atom is -0.484 e. The maximum atomic E-state index is 11.9. The number of nitrogens with zero attached hydrogens (tertiary/aromatic N) is 1. The van der Waals surface area contributed by atoms with Crippen LogP contribution in [0.2, 0.25) is 5.02 Å². The third-order valence-corrected chi connectivity index (χ3v) is 5.08. The van der Waals surface area contributed by atoms with Crippen LogP contribution in [0.5, 0.6) is 5.75 Å². The van der Waals surface area contributed by atoms with Crippen LogP contribution in [0.25, 0.3) is 10.6 Å². The second-order valence-electron chi connectivity index (χ2n) is 4.86. The number of hydrogen-bond donors (Lipinski definition) is 2. The van der Waals surface area contributed by atoms with Gasteiger partial charge in [-0.3, -0.25) is 4.79 Å². The third kappa shape index (κ3) is 4.47. The maximum Gasteiger partial charge on any atom is 0.258 e. The van der Waals surface area contributed by atoms with Gasteiger partial charge in [-0.15, -0.1) is 22.7 Å². The van der Waals surface area contributed by atoms with Crippen LogP contribution in [0.3, 0.4) is 0 Å². The molecule has 3 aromatic rings. The SMILES string of the molecule is Nc1nc(-c2ccc(CNC(=O)COc3cccc(Cl)c3)s2)cs1. The lowest BCUT2D eigenvalue weighted by molar-refractivity contribution is -0.123. The maximum absolute atomic E-state index is 11.9. The van der Waals surface area contributed by atoms with E-state index in [1.807, 2.05) is 17.5 Å². The molecule has 24 heavy (non-hydrogen) atoms. The molecule has 0 aliphatic carbocycles. The van der Waals surface area contributed by atoms with Crippen molar-refractivity contribution >= 4 is 45.3 Å². The number of hydrogen-bond acceptors (Lipinski definition) is 6. The first-order valence-electron chi connectivity index (χ1n) is 7.05. The van der Waals surface area contributed by atoms with Crippen LogP contribution < -0.4 is 15.8 Å².